The molecule has 42 heavy (non-hydrogen) atoms. The zero-order valence-corrected chi connectivity index (χ0v) is 24.7. The molecule has 0 unspecified atom stereocenters. The van der Waals surface area contributed by atoms with Crippen LogP contribution in [0.3, 0.4) is 0 Å². The molecule has 3 heterocycles. The second-order valence-electron chi connectivity index (χ2n) is 12.0. The fourth-order valence-corrected chi connectivity index (χ4v) is 7.08. The average Bonchev–Trinajstić information content (AvgIpc) is 3.47. The highest BCUT2D eigenvalue weighted by atomic mass is 35.5. The molecule has 0 bridgehead atoms. The van der Waals surface area contributed by atoms with Gasteiger partial charge >= 0.3 is 5.97 Å². The van der Waals surface area contributed by atoms with Gasteiger partial charge in [0.2, 0.25) is 11.8 Å². The van der Waals surface area contributed by atoms with Crippen molar-refractivity contribution in [2.24, 2.45) is 24.3 Å². The maximum atomic E-state index is 14.3. The summed E-state index contributed by atoms with van der Waals surface area (Å²) < 4.78 is 34.5. The minimum Gasteiger partial charge on any atom is -0.487 e. The van der Waals surface area contributed by atoms with E-state index in [1.807, 2.05) is 6.92 Å². The molecule has 1 saturated carbocycles. The van der Waals surface area contributed by atoms with Crippen molar-refractivity contribution in [3.63, 3.8) is 0 Å². The molecule has 2 aromatic rings. The topological polar surface area (TPSA) is 118 Å². The van der Waals surface area contributed by atoms with Gasteiger partial charge in [0.1, 0.15) is 23.7 Å². The normalized spacial score (nSPS) is 26.1. The fraction of sp³-hybridized carbons (Fsp3) is 0.621. The Hall–Kier alpha value is -3.28. The van der Waals surface area contributed by atoms with Gasteiger partial charge in [0.25, 0.3) is 6.43 Å². The van der Waals surface area contributed by atoms with E-state index in [1.165, 1.54) is 7.05 Å². The van der Waals surface area contributed by atoms with Gasteiger partial charge < -0.3 is 19.6 Å². The highest BCUT2D eigenvalue weighted by Gasteiger charge is 2.50. The van der Waals surface area contributed by atoms with Crippen LogP contribution in [0.15, 0.2) is 12.1 Å². The van der Waals surface area contributed by atoms with Gasteiger partial charge in [0, 0.05) is 43.7 Å². The van der Waals surface area contributed by atoms with E-state index in [9.17, 15) is 28.3 Å². The lowest BCUT2D eigenvalue weighted by Crippen LogP contribution is -2.52. The van der Waals surface area contributed by atoms with E-state index >= 15 is 0 Å². The maximum absolute atomic E-state index is 14.3. The van der Waals surface area contributed by atoms with Crippen molar-refractivity contribution in [3.8, 4) is 5.75 Å². The summed E-state index contributed by atoms with van der Waals surface area (Å²) in [6.07, 6.45) is 0.333. The third-order valence-corrected chi connectivity index (χ3v) is 9.52. The SMILES string of the molecule is C[C@@H]1CC(=O)N(C[C@@H]2c3c(OCc4nnn(C)c4C(F)F)ccc(Cl)c3CCN2C(=O)[C@@H]2CCCC[C@]2(C)C(=O)O)C1. The number of aliphatic carboxylic acids is 1. The number of amides is 2. The maximum Gasteiger partial charge on any atom is 0.310 e. The number of likely N-dealkylation sites (tertiary alicyclic amines) is 1. The number of halogens is 3. The molecule has 3 aliphatic rings. The van der Waals surface area contributed by atoms with Crippen molar-refractivity contribution in [1.82, 2.24) is 24.8 Å². The first kappa shape index (κ1) is 30.2. The van der Waals surface area contributed by atoms with Gasteiger partial charge in [0.15, 0.2) is 0 Å². The minimum absolute atomic E-state index is 0.0144. The van der Waals surface area contributed by atoms with E-state index in [2.05, 4.69) is 10.3 Å². The molecule has 1 aliphatic carbocycles. The molecule has 1 aromatic heterocycles. The summed E-state index contributed by atoms with van der Waals surface area (Å²) in [7, 11) is 1.38. The summed E-state index contributed by atoms with van der Waals surface area (Å²) in [5.74, 6) is -1.53. The smallest absolute Gasteiger partial charge is 0.310 e. The lowest BCUT2D eigenvalue weighted by molar-refractivity contribution is -0.162. The van der Waals surface area contributed by atoms with E-state index in [1.54, 1.807) is 28.9 Å². The molecule has 13 heteroatoms. The number of aromatic nitrogens is 3. The Labute approximate surface area is 247 Å². The molecule has 5 rings (SSSR count). The quantitative estimate of drug-likeness (QED) is 0.467. The van der Waals surface area contributed by atoms with Crippen molar-refractivity contribution < 1.29 is 33.0 Å². The zero-order valence-electron chi connectivity index (χ0n) is 24.0. The first-order chi connectivity index (χ1) is 19.9. The molecule has 1 N–H and O–H groups in total. The van der Waals surface area contributed by atoms with Crippen LogP contribution in [0.5, 0.6) is 5.75 Å². The van der Waals surface area contributed by atoms with Gasteiger partial charge in [-0.25, -0.2) is 13.5 Å². The molecule has 2 amide bonds. The number of carbonyl (C=O) groups is 3. The second-order valence-corrected chi connectivity index (χ2v) is 12.4. The van der Waals surface area contributed by atoms with Gasteiger partial charge in [-0.3, -0.25) is 14.4 Å². The minimum atomic E-state index is -2.80. The van der Waals surface area contributed by atoms with Crippen LogP contribution in [0.25, 0.3) is 0 Å². The van der Waals surface area contributed by atoms with E-state index < -0.39 is 29.8 Å². The predicted octanol–water partition coefficient (Wildman–Crippen LogP) is 4.56. The van der Waals surface area contributed by atoms with Crippen molar-refractivity contribution in [1.29, 1.82) is 0 Å². The number of alkyl halides is 2. The third kappa shape index (κ3) is 5.45. The molecule has 4 atom stereocenters. The predicted molar refractivity (Wildman–Crippen MR) is 148 cm³/mol. The van der Waals surface area contributed by atoms with Crippen molar-refractivity contribution in [2.45, 2.75) is 71.4 Å². The number of hydrogen-bond acceptors (Lipinski definition) is 6. The van der Waals surface area contributed by atoms with Crippen LogP contribution >= 0.6 is 11.6 Å². The number of nitrogens with zero attached hydrogens (tertiary/aromatic N) is 5. The number of ether oxygens (including phenoxy) is 1. The number of rotatable bonds is 8. The van der Waals surface area contributed by atoms with Crippen molar-refractivity contribution >= 4 is 29.4 Å². The molecule has 0 radical (unpaired) electrons. The Bertz CT molecular complexity index is 1390. The Morgan fingerprint density at radius 2 is 2.05 bits per heavy atom. The van der Waals surface area contributed by atoms with Crippen LogP contribution in [0.4, 0.5) is 8.78 Å². The molecular formula is C29H36ClF2N5O5. The Balaban J connectivity index is 1.54. The molecule has 0 spiro atoms. The molecule has 2 fully saturated rings. The number of aryl methyl sites for hydroxylation is 1. The van der Waals surface area contributed by atoms with E-state index in [-0.39, 0.29) is 42.3 Å². The largest absolute Gasteiger partial charge is 0.487 e. The number of hydrogen-bond donors (Lipinski definition) is 1. The molecule has 1 saturated heterocycles. The highest BCUT2D eigenvalue weighted by Crippen LogP contribution is 2.46. The number of fused-ring (bicyclic) bond motifs is 1. The summed E-state index contributed by atoms with van der Waals surface area (Å²) in [4.78, 5) is 43.0. The van der Waals surface area contributed by atoms with E-state index in [0.29, 0.717) is 55.1 Å². The van der Waals surface area contributed by atoms with E-state index in [4.69, 9.17) is 16.3 Å². The van der Waals surface area contributed by atoms with Gasteiger partial charge in [-0.1, -0.05) is 36.6 Å². The second kappa shape index (κ2) is 11.8. The van der Waals surface area contributed by atoms with Crippen molar-refractivity contribution in [2.75, 3.05) is 19.6 Å². The van der Waals surface area contributed by atoms with Gasteiger partial charge in [-0.2, -0.15) is 0 Å². The number of carboxylic acids is 1. The average molecular weight is 608 g/mol. The summed E-state index contributed by atoms with van der Waals surface area (Å²) >= 11 is 6.66. The molecule has 1 aromatic carbocycles. The number of carbonyl (C=O) groups excluding carboxylic acids is 2. The molecule has 228 valence electrons. The van der Waals surface area contributed by atoms with Crippen LogP contribution in [0, 0.1) is 17.3 Å². The molecule has 2 aliphatic heterocycles. The Morgan fingerprint density at radius 3 is 2.71 bits per heavy atom. The fourth-order valence-electron chi connectivity index (χ4n) is 6.82. The summed E-state index contributed by atoms with van der Waals surface area (Å²) in [5, 5.41) is 18.1. The summed E-state index contributed by atoms with van der Waals surface area (Å²) in [6.45, 7) is 4.34. The van der Waals surface area contributed by atoms with Crippen LogP contribution in [-0.4, -0.2) is 67.3 Å². The number of carboxylic acid groups (broad SMARTS) is 1. The summed E-state index contributed by atoms with van der Waals surface area (Å²) in [5.41, 5.74) is -0.221. The Kier molecular flexibility index (Phi) is 8.46. The van der Waals surface area contributed by atoms with Gasteiger partial charge in [-0.15, -0.1) is 5.10 Å². The molecular weight excluding hydrogens is 572 g/mol. The lowest BCUT2D eigenvalue weighted by Gasteiger charge is -2.45. The highest BCUT2D eigenvalue weighted by molar-refractivity contribution is 6.31. The van der Waals surface area contributed by atoms with Crippen LogP contribution in [-0.2, 0) is 34.5 Å². The standard InChI is InChI=1S/C29H36ClF2N5O5/c1-16-12-23(38)36(13-16)14-21-24-17(9-11-37(21)27(39)18-6-4-5-10-29(18,2)28(40)41)19(30)7-8-22(24)42-15-20-25(26(31)32)35(3)34-33-20/h7-8,16,18,21,26H,4-6,9-15H2,1-3H3,(H,40,41)/t16-,18+,21-,29+/m1/s1. The van der Waals surface area contributed by atoms with Crippen LogP contribution in [0.2, 0.25) is 5.02 Å². The molecule has 10 nitrogen and oxygen atoms in total. The number of benzene rings is 1. The van der Waals surface area contributed by atoms with Gasteiger partial charge in [0.05, 0.1) is 17.4 Å². The first-order valence-electron chi connectivity index (χ1n) is 14.3. The first-order valence-corrected chi connectivity index (χ1v) is 14.7. The monoisotopic (exact) mass is 607 g/mol. The van der Waals surface area contributed by atoms with E-state index in [0.717, 1.165) is 23.1 Å². The zero-order chi connectivity index (χ0) is 30.3. The Morgan fingerprint density at radius 1 is 1.29 bits per heavy atom. The van der Waals surface area contributed by atoms with Crippen LogP contribution < -0.4 is 4.74 Å². The summed E-state index contributed by atoms with van der Waals surface area (Å²) in [6, 6.07) is 2.64. The van der Waals surface area contributed by atoms with Crippen LogP contribution in [0.1, 0.15) is 80.9 Å². The van der Waals surface area contributed by atoms with Gasteiger partial charge in [-0.05, 0) is 49.8 Å². The lowest BCUT2D eigenvalue weighted by atomic mass is 9.66. The third-order valence-electron chi connectivity index (χ3n) is 9.17. The van der Waals surface area contributed by atoms with Crippen molar-refractivity contribution in [3.05, 3.63) is 39.7 Å².